The molecular formula is C13H12N4O. The van der Waals surface area contributed by atoms with E-state index >= 15 is 0 Å². The lowest BCUT2D eigenvalue weighted by Gasteiger charge is -2.02. The van der Waals surface area contributed by atoms with E-state index in [2.05, 4.69) is 21.5 Å². The summed E-state index contributed by atoms with van der Waals surface area (Å²) in [6.07, 6.45) is 2.34. The number of hydrogen-bond donors (Lipinski definition) is 1. The minimum atomic E-state index is 0.506. The van der Waals surface area contributed by atoms with E-state index in [0.717, 1.165) is 11.5 Å². The minimum absolute atomic E-state index is 0.506. The van der Waals surface area contributed by atoms with E-state index in [4.69, 9.17) is 9.78 Å². The highest BCUT2D eigenvalue weighted by Gasteiger charge is 2.28. The number of rotatable bonds is 4. The third-order valence-electron chi connectivity index (χ3n) is 2.88. The lowest BCUT2D eigenvalue weighted by molar-refractivity contribution is 0.378. The van der Waals surface area contributed by atoms with E-state index in [1.807, 2.05) is 12.1 Å². The highest BCUT2D eigenvalue weighted by atomic mass is 16.5. The van der Waals surface area contributed by atoms with Crippen LogP contribution in [0.5, 0.6) is 0 Å². The van der Waals surface area contributed by atoms with Crippen LogP contribution in [0, 0.1) is 11.3 Å². The van der Waals surface area contributed by atoms with Crippen LogP contribution in [0.15, 0.2) is 28.8 Å². The standard InChI is InChI=1S/C13H12N4O/c14-7-9-1-5-11(6-2-9)15-8-12-16-13(17-18-12)10-3-4-10/h1-2,5-6,10,15H,3-4,8H2. The summed E-state index contributed by atoms with van der Waals surface area (Å²) in [5.74, 6) is 1.94. The van der Waals surface area contributed by atoms with Crippen LogP contribution in [-0.2, 0) is 6.54 Å². The van der Waals surface area contributed by atoms with Gasteiger partial charge in [-0.25, -0.2) is 0 Å². The van der Waals surface area contributed by atoms with Crippen molar-refractivity contribution >= 4 is 5.69 Å². The molecule has 0 unspecified atom stereocenters. The Kier molecular flexibility index (Phi) is 2.69. The van der Waals surface area contributed by atoms with Crippen molar-refractivity contribution in [1.29, 1.82) is 5.26 Å². The zero-order valence-corrected chi connectivity index (χ0v) is 9.76. The van der Waals surface area contributed by atoms with Crippen LogP contribution < -0.4 is 5.32 Å². The second-order valence-corrected chi connectivity index (χ2v) is 4.36. The first kappa shape index (κ1) is 10.8. The molecule has 18 heavy (non-hydrogen) atoms. The van der Waals surface area contributed by atoms with Gasteiger partial charge >= 0.3 is 0 Å². The number of benzene rings is 1. The fraction of sp³-hybridized carbons (Fsp3) is 0.308. The maximum absolute atomic E-state index is 8.69. The number of nitrogens with zero attached hydrogens (tertiary/aromatic N) is 3. The van der Waals surface area contributed by atoms with Crippen molar-refractivity contribution in [3.05, 3.63) is 41.5 Å². The molecule has 1 saturated carbocycles. The molecule has 0 aliphatic heterocycles. The number of aromatic nitrogens is 2. The molecule has 0 atom stereocenters. The topological polar surface area (TPSA) is 74.7 Å². The number of nitrogens with one attached hydrogen (secondary N) is 1. The Morgan fingerprint density at radius 1 is 1.33 bits per heavy atom. The lowest BCUT2D eigenvalue weighted by atomic mass is 10.2. The molecule has 0 bridgehead atoms. The quantitative estimate of drug-likeness (QED) is 0.888. The fourth-order valence-corrected chi connectivity index (χ4v) is 1.69. The second-order valence-electron chi connectivity index (χ2n) is 4.36. The van der Waals surface area contributed by atoms with Crippen molar-refractivity contribution < 1.29 is 4.52 Å². The molecule has 2 aromatic rings. The van der Waals surface area contributed by atoms with Crippen LogP contribution in [0.3, 0.4) is 0 Å². The summed E-state index contributed by atoms with van der Waals surface area (Å²) in [6.45, 7) is 0.506. The summed E-state index contributed by atoms with van der Waals surface area (Å²) in [6, 6.07) is 9.34. The molecule has 1 aliphatic rings. The van der Waals surface area contributed by atoms with Crippen molar-refractivity contribution in [2.75, 3.05) is 5.32 Å². The van der Waals surface area contributed by atoms with Gasteiger partial charge in [-0.2, -0.15) is 10.2 Å². The molecule has 1 N–H and O–H groups in total. The molecule has 0 spiro atoms. The monoisotopic (exact) mass is 240 g/mol. The summed E-state index contributed by atoms with van der Waals surface area (Å²) in [4.78, 5) is 4.33. The average Bonchev–Trinajstić information content (AvgIpc) is 3.16. The van der Waals surface area contributed by atoms with Gasteiger partial charge in [0.1, 0.15) is 0 Å². The number of anilines is 1. The Hall–Kier alpha value is -2.35. The van der Waals surface area contributed by atoms with E-state index in [-0.39, 0.29) is 0 Å². The number of hydrogen-bond acceptors (Lipinski definition) is 5. The predicted octanol–water partition coefficient (Wildman–Crippen LogP) is 2.43. The molecule has 1 aliphatic carbocycles. The Morgan fingerprint density at radius 2 is 2.11 bits per heavy atom. The van der Waals surface area contributed by atoms with Gasteiger partial charge in [-0.15, -0.1) is 0 Å². The summed E-state index contributed by atoms with van der Waals surface area (Å²) in [7, 11) is 0. The van der Waals surface area contributed by atoms with Gasteiger partial charge in [0.05, 0.1) is 18.2 Å². The molecule has 1 aromatic heterocycles. The first-order valence-electron chi connectivity index (χ1n) is 5.91. The van der Waals surface area contributed by atoms with Gasteiger partial charge in [-0.3, -0.25) is 0 Å². The third-order valence-corrected chi connectivity index (χ3v) is 2.88. The maximum atomic E-state index is 8.69. The summed E-state index contributed by atoms with van der Waals surface area (Å²) in [5, 5.41) is 15.8. The maximum Gasteiger partial charge on any atom is 0.245 e. The highest BCUT2D eigenvalue weighted by molar-refractivity contribution is 5.47. The van der Waals surface area contributed by atoms with Crippen molar-refractivity contribution in [2.45, 2.75) is 25.3 Å². The van der Waals surface area contributed by atoms with Gasteiger partial charge in [0, 0.05) is 11.6 Å². The van der Waals surface area contributed by atoms with Crippen LogP contribution >= 0.6 is 0 Å². The molecule has 1 heterocycles. The first-order valence-corrected chi connectivity index (χ1v) is 5.91. The Morgan fingerprint density at radius 3 is 2.78 bits per heavy atom. The molecule has 0 radical (unpaired) electrons. The second kappa shape index (κ2) is 4.49. The highest BCUT2D eigenvalue weighted by Crippen LogP contribution is 2.38. The zero-order chi connectivity index (χ0) is 12.4. The lowest BCUT2D eigenvalue weighted by Crippen LogP contribution is -1.99. The van der Waals surface area contributed by atoms with E-state index in [1.165, 1.54) is 12.8 Å². The van der Waals surface area contributed by atoms with Crippen LogP contribution in [0.2, 0.25) is 0 Å². The van der Waals surface area contributed by atoms with Gasteiger partial charge in [0.15, 0.2) is 5.82 Å². The molecule has 1 fully saturated rings. The predicted molar refractivity (Wildman–Crippen MR) is 64.8 cm³/mol. The average molecular weight is 240 g/mol. The SMILES string of the molecule is N#Cc1ccc(NCc2nc(C3CC3)no2)cc1. The Balaban J connectivity index is 1.60. The van der Waals surface area contributed by atoms with E-state index in [9.17, 15) is 0 Å². The van der Waals surface area contributed by atoms with E-state index < -0.39 is 0 Å². The van der Waals surface area contributed by atoms with Gasteiger partial charge in [0.2, 0.25) is 5.89 Å². The minimum Gasteiger partial charge on any atom is -0.376 e. The molecule has 0 saturated heterocycles. The Labute approximate surface area is 104 Å². The zero-order valence-electron chi connectivity index (χ0n) is 9.76. The van der Waals surface area contributed by atoms with Crippen LogP contribution in [0.4, 0.5) is 5.69 Å². The fourth-order valence-electron chi connectivity index (χ4n) is 1.69. The molecule has 1 aromatic carbocycles. The molecule has 0 amide bonds. The molecule has 3 rings (SSSR count). The van der Waals surface area contributed by atoms with Crippen LogP contribution in [-0.4, -0.2) is 10.1 Å². The van der Waals surface area contributed by atoms with Crippen LogP contribution in [0.1, 0.15) is 36.0 Å². The smallest absolute Gasteiger partial charge is 0.245 e. The molecule has 90 valence electrons. The van der Waals surface area contributed by atoms with Gasteiger partial charge < -0.3 is 9.84 Å². The van der Waals surface area contributed by atoms with Crippen molar-refractivity contribution in [3.63, 3.8) is 0 Å². The van der Waals surface area contributed by atoms with Gasteiger partial charge in [0.25, 0.3) is 0 Å². The van der Waals surface area contributed by atoms with Crippen molar-refractivity contribution in [1.82, 2.24) is 10.1 Å². The van der Waals surface area contributed by atoms with Gasteiger partial charge in [-0.1, -0.05) is 5.16 Å². The van der Waals surface area contributed by atoms with Crippen molar-refractivity contribution in [3.8, 4) is 6.07 Å². The van der Waals surface area contributed by atoms with Crippen molar-refractivity contribution in [2.24, 2.45) is 0 Å². The first-order chi connectivity index (χ1) is 8.85. The summed E-state index contributed by atoms with van der Waals surface area (Å²) in [5.41, 5.74) is 1.58. The Bertz CT molecular complexity index is 578. The number of nitriles is 1. The third kappa shape index (κ3) is 2.33. The normalized spacial score (nSPS) is 14.2. The van der Waals surface area contributed by atoms with E-state index in [1.54, 1.807) is 12.1 Å². The molecule has 5 heteroatoms. The van der Waals surface area contributed by atoms with Crippen LogP contribution in [0.25, 0.3) is 0 Å². The molecule has 5 nitrogen and oxygen atoms in total. The largest absolute Gasteiger partial charge is 0.376 e. The van der Waals surface area contributed by atoms with Gasteiger partial charge in [-0.05, 0) is 37.1 Å². The molecular weight excluding hydrogens is 228 g/mol. The summed E-state index contributed by atoms with van der Waals surface area (Å²) >= 11 is 0. The summed E-state index contributed by atoms with van der Waals surface area (Å²) < 4.78 is 5.16. The van der Waals surface area contributed by atoms with E-state index in [0.29, 0.717) is 23.9 Å².